The van der Waals surface area contributed by atoms with Crippen molar-refractivity contribution < 1.29 is 14.7 Å². The normalized spacial score (nSPS) is 20.4. The maximum absolute atomic E-state index is 12.8. The van der Waals surface area contributed by atoms with Gasteiger partial charge < -0.3 is 10.0 Å². The van der Waals surface area contributed by atoms with Gasteiger partial charge in [0.25, 0.3) is 5.91 Å². The summed E-state index contributed by atoms with van der Waals surface area (Å²) in [5, 5.41) is 13.7. The fourth-order valence-electron chi connectivity index (χ4n) is 3.12. The van der Waals surface area contributed by atoms with Gasteiger partial charge in [0.15, 0.2) is 0 Å². The molecule has 0 bridgehead atoms. The fraction of sp³-hybridized carbons (Fsp3) is 0.389. The zero-order valence-electron chi connectivity index (χ0n) is 14.1. The third kappa shape index (κ3) is 2.68. The molecule has 1 aromatic heterocycles. The lowest BCUT2D eigenvalue weighted by Crippen LogP contribution is -2.35. The maximum atomic E-state index is 12.8. The molecule has 1 fully saturated rings. The van der Waals surface area contributed by atoms with Gasteiger partial charge in [0.2, 0.25) is 0 Å². The minimum absolute atomic E-state index is 0.156. The first-order valence-electron chi connectivity index (χ1n) is 7.96. The second-order valence-corrected chi connectivity index (χ2v) is 6.74. The van der Waals surface area contributed by atoms with Crippen molar-refractivity contribution in [2.45, 2.75) is 27.2 Å². The van der Waals surface area contributed by atoms with Gasteiger partial charge in [0.1, 0.15) is 0 Å². The Bertz CT molecular complexity index is 812. The molecule has 0 aliphatic carbocycles. The van der Waals surface area contributed by atoms with Crippen LogP contribution in [0.15, 0.2) is 30.5 Å². The average Bonchev–Trinajstić information content (AvgIpc) is 3.11. The number of carboxylic acid groups (broad SMARTS) is 1. The minimum atomic E-state index is -0.865. The Labute approximate surface area is 140 Å². The van der Waals surface area contributed by atoms with E-state index in [0.29, 0.717) is 18.5 Å². The van der Waals surface area contributed by atoms with Crippen LogP contribution in [0.3, 0.4) is 0 Å². The molecule has 2 heterocycles. The first kappa shape index (κ1) is 16.2. The highest BCUT2D eigenvalue weighted by atomic mass is 16.4. The Morgan fingerprint density at radius 2 is 2.04 bits per heavy atom. The molecule has 0 radical (unpaired) electrons. The van der Waals surface area contributed by atoms with Gasteiger partial charge >= 0.3 is 5.97 Å². The Kier molecular flexibility index (Phi) is 3.91. The van der Waals surface area contributed by atoms with Crippen molar-refractivity contribution in [3.63, 3.8) is 0 Å². The molecule has 126 valence electrons. The number of carbonyl (C=O) groups excluding carboxylic acids is 1. The molecular formula is C18H21N3O3. The Hall–Kier alpha value is -2.63. The number of carboxylic acids is 1. The number of aromatic nitrogens is 2. The van der Waals surface area contributed by atoms with E-state index in [1.165, 1.54) is 0 Å². The molecule has 24 heavy (non-hydrogen) atoms. The van der Waals surface area contributed by atoms with Crippen LogP contribution in [0.1, 0.15) is 35.0 Å². The third-order valence-electron chi connectivity index (χ3n) is 4.76. The molecule has 0 spiro atoms. The second kappa shape index (κ2) is 5.78. The highest BCUT2D eigenvalue weighted by molar-refractivity contribution is 5.96. The lowest BCUT2D eigenvalue weighted by molar-refractivity contribution is -0.147. The van der Waals surface area contributed by atoms with E-state index in [1.807, 2.05) is 38.1 Å². The maximum Gasteiger partial charge on any atom is 0.311 e. The predicted molar refractivity (Wildman–Crippen MR) is 89.3 cm³/mol. The van der Waals surface area contributed by atoms with E-state index >= 15 is 0 Å². The molecule has 1 aromatic carbocycles. The van der Waals surface area contributed by atoms with E-state index in [9.17, 15) is 14.7 Å². The molecule has 1 unspecified atom stereocenters. The van der Waals surface area contributed by atoms with Gasteiger partial charge in [-0.2, -0.15) is 5.10 Å². The molecular weight excluding hydrogens is 306 g/mol. The van der Waals surface area contributed by atoms with Crippen LogP contribution in [-0.4, -0.2) is 44.8 Å². The molecule has 1 atom stereocenters. The molecule has 1 saturated heterocycles. The molecule has 1 aliphatic heterocycles. The van der Waals surface area contributed by atoms with Gasteiger partial charge in [-0.25, -0.2) is 4.68 Å². The van der Waals surface area contributed by atoms with E-state index in [2.05, 4.69) is 5.10 Å². The number of aryl methyl sites for hydroxylation is 1. The molecule has 1 aliphatic rings. The number of amides is 1. The molecule has 6 heteroatoms. The van der Waals surface area contributed by atoms with Crippen molar-refractivity contribution in [3.05, 3.63) is 47.3 Å². The van der Waals surface area contributed by atoms with Gasteiger partial charge in [0, 0.05) is 13.1 Å². The third-order valence-corrected chi connectivity index (χ3v) is 4.76. The van der Waals surface area contributed by atoms with Crippen molar-refractivity contribution in [3.8, 4) is 5.69 Å². The Morgan fingerprint density at radius 1 is 1.29 bits per heavy atom. The number of likely N-dealkylation sites (tertiary alicyclic amines) is 1. The molecule has 2 aromatic rings. The van der Waals surface area contributed by atoms with Gasteiger partial charge in [-0.3, -0.25) is 9.59 Å². The van der Waals surface area contributed by atoms with E-state index in [-0.39, 0.29) is 12.5 Å². The van der Waals surface area contributed by atoms with Crippen LogP contribution in [0.25, 0.3) is 5.69 Å². The molecule has 3 rings (SSSR count). The van der Waals surface area contributed by atoms with Crippen molar-refractivity contribution in [1.29, 1.82) is 0 Å². The van der Waals surface area contributed by atoms with Gasteiger partial charge in [-0.15, -0.1) is 0 Å². The first-order valence-corrected chi connectivity index (χ1v) is 7.96. The summed E-state index contributed by atoms with van der Waals surface area (Å²) >= 11 is 0. The number of hydrogen-bond donors (Lipinski definition) is 1. The second-order valence-electron chi connectivity index (χ2n) is 6.74. The van der Waals surface area contributed by atoms with Crippen molar-refractivity contribution in [2.24, 2.45) is 5.41 Å². The molecule has 1 amide bonds. The summed E-state index contributed by atoms with van der Waals surface area (Å²) in [5.74, 6) is -1.01. The van der Waals surface area contributed by atoms with Gasteiger partial charge in [-0.05, 0) is 44.9 Å². The summed E-state index contributed by atoms with van der Waals surface area (Å²) in [6.45, 7) is 6.24. The van der Waals surface area contributed by atoms with Crippen LogP contribution < -0.4 is 0 Å². The minimum Gasteiger partial charge on any atom is -0.481 e. The quantitative estimate of drug-likeness (QED) is 0.939. The first-order chi connectivity index (χ1) is 11.3. The lowest BCUT2D eigenvalue weighted by Gasteiger charge is -2.20. The number of carbonyl (C=O) groups is 2. The van der Waals surface area contributed by atoms with Crippen LogP contribution in [0.2, 0.25) is 0 Å². The SMILES string of the molecule is Cc1cccc(-n2ncc(C(=O)N3CCC(C)(C(=O)O)C3)c2C)c1. The van der Waals surface area contributed by atoms with Crippen LogP contribution >= 0.6 is 0 Å². The van der Waals surface area contributed by atoms with E-state index in [4.69, 9.17) is 0 Å². The highest BCUT2D eigenvalue weighted by Crippen LogP contribution is 2.31. The van der Waals surface area contributed by atoms with Crippen LogP contribution in [0.4, 0.5) is 0 Å². The Balaban J connectivity index is 1.86. The highest BCUT2D eigenvalue weighted by Gasteiger charge is 2.42. The Morgan fingerprint density at radius 3 is 2.67 bits per heavy atom. The van der Waals surface area contributed by atoms with E-state index < -0.39 is 11.4 Å². The van der Waals surface area contributed by atoms with Gasteiger partial charge in [0.05, 0.1) is 28.6 Å². The zero-order valence-corrected chi connectivity index (χ0v) is 14.1. The average molecular weight is 327 g/mol. The van der Waals surface area contributed by atoms with E-state index in [1.54, 1.807) is 22.7 Å². The van der Waals surface area contributed by atoms with Gasteiger partial charge in [-0.1, -0.05) is 12.1 Å². The number of nitrogens with zero attached hydrogens (tertiary/aromatic N) is 3. The van der Waals surface area contributed by atoms with Crippen LogP contribution in [0, 0.1) is 19.3 Å². The standard InChI is InChI=1S/C18H21N3O3/c1-12-5-4-6-14(9-12)21-13(2)15(10-19-21)16(22)20-8-7-18(3,11-20)17(23)24/h4-6,9-10H,7-8,11H2,1-3H3,(H,23,24). The number of benzene rings is 1. The van der Waals surface area contributed by atoms with Crippen molar-refractivity contribution in [1.82, 2.24) is 14.7 Å². The summed E-state index contributed by atoms with van der Waals surface area (Å²) in [6.07, 6.45) is 2.04. The largest absolute Gasteiger partial charge is 0.481 e. The number of rotatable bonds is 3. The summed E-state index contributed by atoms with van der Waals surface area (Å²) in [6, 6.07) is 7.90. The molecule has 1 N–H and O–H groups in total. The smallest absolute Gasteiger partial charge is 0.311 e. The predicted octanol–water partition coefficient (Wildman–Crippen LogP) is 2.43. The summed E-state index contributed by atoms with van der Waals surface area (Å²) in [5.41, 5.74) is 2.44. The summed E-state index contributed by atoms with van der Waals surface area (Å²) in [7, 11) is 0. The fourth-order valence-corrected chi connectivity index (χ4v) is 3.12. The van der Waals surface area contributed by atoms with Crippen LogP contribution in [0.5, 0.6) is 0 Å². The summed E-state index contributed by atoms with van der Waals surface area (Å²) in [4.78, 5) is 25.7. The van der Waals surface area contributed by atoms with Crippen molar-refractivity contribution >= 4 is 11.9 Å². The summed E-state index contributed by atoms with van der Waals surface area (Å²) < 4.78 is 1.74. The molecule has 6 nitrogen and oxygen atoms in total. The number of aliphatic carboxylic acids is 1. The molecule has 0 saturated carbocycles. The van der Waals surface area contributed by atoms with E-state index in [0.717, 1.165) is 16.9 Å². The zero-order chi connectivity index (χ0) is 17.5. The number of hydrogen-bond acceptors (Lipinski definition) is 3. The topological polar surface area (TPSA) is 75.4 Å². The lowest BCUT2D eigenvalue weighted by atomic mass is 9.90. The van der Waals surface area contributed by atoms with Crippen LogP contribution in [-0.2, 0) is 4.79 Å². The monoisotopic (exact) mass is 327 g/mol. The van der Waals surface area contributed by atoms with Crippen molar-refractivity contribution in [2.75, 3.05) is 13.1 Å².